The third kappa shape index (κ3) is 3.48. The van der Waals surface area contributed by atoms with E-state index in [-0.39, 0.29) is 5.91 Å². The highest BCUT2D eigenvalue weighted by atomic mass is 79.9. The number of aromatic nitrogens is 2. The second kappa shape index (κ2) is 6.60. The molecule has 0 aliphatic carbocycles. The third-order valence-corrected chi connectivity index (χ3v) is 4.01. The van der Waals surface area contributed by atoms with Gasteiger partial charge in [0.05, 0.1) is 24.9 Å². The molecule has 0 radical (unpaired) electrons. The van der Waals surface area contributed by atoms with Gasteiger partial charge in [0.1, 0.15) is 11.4 Å². The summed E-state index contributed by atoms with van der Waals surface area (Å²) < 4.78 is 8.04. The summed E-state index contributed by atoms with van der Waals surface area (Å²) in [7, 11) is 1.51. The van der Waals surface area contributed by atoms with Crippen LogP contribution < -0.4 is 10.1 Å². The molecule has 1 aromatic carbocycles. The molecule has 1 amide bonds. The summed E-state index contributed by atoms with van der Waals surface area (Å²) in [6.45, 7) is 0.313. The highest BCUT2D eigenvalue weighted by molar-refractivity contribution is 9.10. The molecular weight excluding hydrogens is 382 g/mol. The Morgan fingerprint density at radius 2 is 2.17 bits per heavy atom. The van der Waals surface area contributed by atoms with Crippen molar-refractivity contribution in [1.82, 2.24) is 14.7 Å². The van der Waals surface area contributed by atoms with Crippen LogP contribution in [0.15, 0.2) is 47.2 Å². The van der Waals surface area contributed by atoms with Gasteiger partial charge in [-0.2, -0.15) is 0 Å². The molecular formula is C16H13BrClN3O2. The molecule has 0 atom stereocenters. The molecule has 0 saturated heterocycles. The van der Waals surface area contributed by atoms with Crippen molar-refractivity contribution in [2.45, 2.75) is 6.54 Å². The zero-order valence-corrected chi connectivity index (χ0v) is 14.6. The summed E-state index contributed by atoms with van der Waals surface area (Å²) in [5.74, 6) is 0.216. The van der Waals surface area contributed by atoms with Crippen LogP contribution in [0, 0.1) is 0 Å². The van der Waals surface area contributed by atoms with Crippen molar-refractivity contribution in [2.24, 2.45) is 0 Å². The van der Waals surface area contributed by atoms with Gasteiger partial charge in [-0.15, -0.1) is 0 Å². The van der Waals surface area contributed by atoms with E-state index in [0.29, 0.717) is 22.9 Å². The van der Waals surface area contributed by atoms with Gasteiger partial charge >= 0.3 is 0 Å². The lowest BCUT2D eigenvalue weighted by Gasteiger charge is -2.08. The number of fused-ring (bicyclic) bond motifs is 1. The molecule has 0 fully saturated rings. The quantitative estimate of drug-likeness (QED) is 0.734. The predicted molar refractivity (Wildman–Crippen MR) is 92.1 cm³/mol. The minimum atomic E-state index is -0.261. The van der Waals surface area contributed by atoms with E-state index >= 15 is 0 Å². The highest BCUT2D eigenvalue weighted by Gasteiger charge is 2.13. The first-order valence-electron chi connectivity index (χ1n) is 6.81. The Balaban J connectivity index is 1.76. The second-order valence-corrected chi connectivity index (χ2v) is 6.22. The average Bonchev–Trinajstić information content (AvgIpc) is 2.94. The molecule has 2 heterocycles. The van der Waals surface area contributed by atoms with E-state index in [1.807, 2.05) is 28.9 Å². The zero-order chi connectivity index (χ0) is 16.4. The van der Waals surface area contributed by atoms with Crippen LogP contribution >= 0.6 is 27.5 Å². The van der Waals surface area contributed by atoms with Crippen LogP contribution in [0.5, 0.6) is 5.75 Å². The standard InChI is InChI=1S/C16H13BrClN3O2/c1-23-14-4-3-11(18)6-13(14)16(22)19-7-12-9-21-8-10(17)2-5-15(21)20-12/h2-6,8-9H,7H2,1H3,(H,19,22). The molecule has 0 unspecified atom stereocenters. The van der Waals surface area contributed by atoms with Crippen molar-refractivity contribution < 1.29 is 9.53 Å². The van der Waals surface area contributed by atoms with Crippen molar-refractivity contribution in [3.05, 3.63) is 63.5 Å². The van der Waals surface area contributed by atoms with Crippen LogP contribution in [0.3, 0.4) is 0 Å². The number of nitrogens with one attached hydrogen (secondary N) is 1. The Kier molecular flexibility index (Phi) is 4.54. The third-order valence-electron chi connectivity index (χ3n) is 3.30. The van der Waals surface area contributed by atoms with Crippen LogP contribution in [0.2, 0.25) is 5.02 Å². The number of pyridine rings is 1. The van der Waals surface area contributed by atoms with Crippen molar-refractivity contribution in [1.29, 1.82) is 0 Å². The molecule has 5 nitrogen and oxygen atoms in total. The van der Waals surface area contributed by atoms with Crippen LogP contribution in [0.4, 0.5) is 0 Å². The summed E-state index contributed by atoms with van der Waals surface area (Å²) >= 11 is 9.36. The number of benzene rings is 1. The van der Waals surface area contributed by atoms with E-state index in [1.165, 1.54) is 7.11 Å². The lowest BCUT2D eigenvalue weighted by atomic mass is 10.2. The van der Waals surface area contributed by atoms with Crippen LogP contribution in [-0.2, 0) is 6.54 Å². The summed E-state index contributed by atoms with van der Waals surface area (Å²) in [6.07, 6.45) is 3.78. The summed E-state index contributed by atoms with van der Waals surface area (Å²) in [5, 5.41) is 3.31. The van der Waals surface area contributed by atoms with E-state index in [9.17, 15) is 4.79 Å². The number of amides is 1. The molecule has 23 heavy (non-hydrogen) atoms. The largest absolute Gasteiger partial charge is 0.496 e. The van der Waals surface area contributed by atoms with Gasteiger partial charge in [0.2, 0.25) is 0 Å². The van der Waals surface area contributed by atoms with Gasteiger partial charge in [-0.05, 0) is 46.3 Å². The fraction of sp³-hybridized carbons (Fsp3) is 0.125. The van der Waals surface area contributed by atoms with Gasteiger partial charge in [-0.1, -0.05) is 11.6 Å². The first kappa shape index (κ1) is 15.8. The van der Waals surface area contributed by atoms with E-state index < -0.39 is 0 Å². The molecule has 118 valence electrons. The van der Waals surface area contributed by atoms with Gasteiger partial charge in [0, 0.05) is 21.9 Å². The van der Waals surface area contributed by atoms with E-state index in [0.717, 1.165) is 15.8 Å². The maximum atomic E-state index is 12.3. The lowest BCUT2D eigenvalue weighted by Crippen LogP contribution is -2.23. The van der Waals surface area contributed by atoms with E-state index in [2.05, 4.69) is 26.2 Å². The lowest BCUT2D eigenvalue weighted by molar-refractivity contribution is 0.0947. The highest BCUT2D eigenvalue weighted by Crippen LogP contribution is 2.22. The fourth-order valence-electron chi connectivity index (χ4n) is 2.23. The van der Waals surface area contributed by atoms with Crippen LogP contribution in [0.1, 0.15) is 16.1 Å². The fourth-order valence-corrected chi connectivity index (χ4v) is 2.75. The first-order chi connectivity index (χ1) is 11.1. The molecule has 3 rings (SSSR count). The maximum absolute atomic E-state index is 12.3. The van der Waals surface area contributed by atoms with Crippen molar-refractivity contribution in [2.75, 3.05) is 7.11 Å². The number of hydrogen-bond acceptors (Lipinski definition) is 3. The van der Waals surface area contributed by atoms with Crippen LogP contribution in [-0.4, -0.2) is 22.4 Å². The molecule has 7 heteroatoms. The van der Waals surface area contributed by atoms with Crippen molar-refractivity contribution >= 4 is 39.1 Å². The number of hydrogen-bond donors (Lipinski definition) is 1. The zero-order valence-electron chi connectivity index (χ0n) is 12.2. The topological polar surface area (TPSA) is 55.6 Å². The predicted octanol–water partition coefficient (Wildman–Crippen LogP) is 3.69. The summed E-state index contributed by atoms with van der Waals surface area (Å²) in [5.41, 5.74) is 1.97. The molecule has 2 aromatic heterocycles. The first-order valence-corrected chi connectivity index (χ1v) is 7.99. The summed E-state index contributed by atoms with van der Waals surface area (Å²) in [6, 6.07) is 8.74. The van der Waals surface area contributed by atoms with Gasteiger partial charge in [0.25, 0.3) is 5.91 Å². The van der Waals surface area contributed by atoms with Gasteiger partial charge in [0.15, 0.2) is 0 Å². The minimum absolute atomic E-state index is 0.261. The Morgan fingerprint density at radius 1 is 1.35 bits per heavy atom. The van der Waals surface area contributed by atoms with Crippen molar-refractivity contribution in [3.63, 3.8) is 0 Å². The maximum Gasteiger partial charge on any atom is 0.255 e. The van der Waals surface area contributed by atoms with Crippen LogP contribution in [0.25, 0.3) is 5.65 Å². The Bertz CT molecular complexity index is 879. The molecule has 0 saturated carbocycles. The molecule has 0 spiro atoms. The number of ether oxygens (including phenoxy) is 1. The summed E-state index contributed by atoms with van der Waals surface area (Å²) in [4.78, 5) is 16.8. The Hall–Kier alpha value is -2.05. The smallest absolute Gasteiger partial charge is 0.255 e. The number of nitrogens with zero attached hydrogens (tertiary/aromatic N) is 2. The number of carbonyl (C=O) groups excluding carboxylic acids is 1. The molecule has 0 bridgehead atoms. The number of rotatable bonds is 4. The normalized spacial score (nSPS) is 10.7. The van der Waals surface area contributed by atoms with E-state index in [4.69, 9.17) is 16.3 Å². The Labute approximate surface area is 146 Å². The molecule has 0 aliphatic rings. The molecule has 3 aromatic rings. The van der Waals surface area contributed by atoms with Gasteiger partial charge in [-0.3, -0.25) is 4.79 Å². The van der Waals surface area contributed by atoms with E-state index in [1.54, 1.807) is 18.2 Å². The average molecular weight is 395 g/mol. The number of imidazole rings is 1. The molecule has 0 aliphatic heterocycles. The monoisotopic (exact) mass is 393 g/mol. The number of carbonyl (C=O) groups is 1. The minimum Gasteiger partial charge on any atom is -0.496 e. The van der Waals surface area contributed by atoms with Gasteiger partial charge < -0.3 is 14.5 Å². The SMILES string of the molecule is COc1ccc(Cl)cc1C(=O)NCc1cn2cc(Br)ccc2n1. The van der Waals surface area contributed by atoms with Crippen molar-refractivity contribution in [3.8, 4) is 5.75 Å². The second-order valence-electron chi connectivity index (χ2n) is 4.87. The van der Waals surface area contributed by atoms with Gasteiger partial charge in [-0.25, -0.2) is 4.98 Å². The molecule has 1 N–H and O–H groups in total. The Morgan fingerprint density at radius 3 is 2.96 bits per heavy atom. The number of halogens is 2. The number of methoxy groups -OCH3 is 1.